The van der Waals surface area contributed by atoms with Crippen LogP contribution in [-0.4, -0.2) is 25.7 Å². The van der Waals surface area contributed by atoms with E-state index in [1.165, 1.54) is 0 Å². The second kappa shape index (κ2) is 12.4. The van der Waals surface area contributed by atoms with Crippen LogP contribution in [0.15, 0.2) is 155 Å². The van der Waals surface area contributed by atoms with Gasteiger partial charge in [-0.25, -0.2) is 9.97 Å². The third kappa shape index (κ3) is 5.35. The van der Waals surface area contributed by atoms with Crippen molar-refractivity contribution in [3.8, 4) is 78.9 Å². The molecule has 238 valence electrons. The van der Waals surface area contributed by atoms with E-state index in [1.54, 1.807) is 0 Å². The standard InChI is InChI=1S/C43H26Br2N4O/c44-31-17-11-27(12-18-31)42-46-37(25-7-3-1-4-8-25)39(48-42)29-15-21-33-34-22-16-30(24-36(34)41(50)35(33)23-29)40-38(26-9-5-2-6-10-26)47-43(49-40)28-13-19-32(45)20-14-28/h1-24H,(H,46,48)(H,47,49). The second-order valence-electron chi connectivity index (χ2n) is 12.2. The highest BCUT2D eigenvalue weighted by Gasteiger charge is 2.29. The Kier molecular flexibility index (Phi) is 7.52. The van der Waals surface area contributed by atoms with Crippen LogP contribution >= 0.6 is 31.9 Å². The summed E-state index contributed by atoms with van der Waals surface area (Å²) in [5.41, 5.74) is 12.3. The Balaban J connectivity index is 1.12. The van der Waals surface area contributed by atoms with Gasteiger partial charge < -0.3 is 9.97 Å². The smallest absolute Gasteiger partial charge is 0.194 e. The molecule has 8 aromatic rings. The Bertz CT molecular complexity index is 2380. The number of nitrogens with one attached hydrogen (secondary N) is 2. The first kappa shape index (κ1) is 30.4. The summed E-state index contributed by atoms with van der Waals surface area (Å²) >= 11 is 7.07. The average molecular weight is 775 g/mol. The van der Waals surface area contributed by atoms with Crippen molar-refractivity contribution in [3.05, 3.63) is 166 Å². The minimum Gasteiger partial charge on any atom is -0.337 e. The molecule has 0 unspecified atom stereocenters. The van der Waals surface area contributed by atoms with Crippen molar-refractivity contribution in [1.29, 1.82) is 0 Å². The molecule has 2 N–H and O–H groups in total. The Morgan fingerprint density at radius 3 is 1.18 bits per heavy atom. The van der Waals surface area contributed by atoms with Gasteiger partial charge in [0.1, 0.15) is 11.6 Å². The Morgan fingerprint density at radius 1 is 0.400 bits per heavy atom. The molecule has 0 spiro atoms. The molecule has 0 radical (unpaired) electrons. The zero-order chi connectivity index (χ0) is 33.8. The van der Waals surface area contributed by atoms with Crippen LogP contribution in [0.4, 0.5) is 0 Å². The van der Waals surface area contributed by atoms with Gasteiger partial charge in [-0.1, -0.05) is 141 Å². The van der Waals surface area contributed by atoms with E-state index in [2.05, 4.69) is 78.2 Å². The lowest BCUT2D eigenvalue weighted by molar-refractivity contribution is 0.104. The third-order valence-electron chi connectivity index (χ3n) is 9.13. The van der Waals surface area contributed by atoms with Crippen molar-refractivity contribution < 1.29 is 4.79 Å². The van der Waals surface area contributed by atoms with Crippen LogP contribution in [0.25, 0.3) is 78.9 Å². The number of H-pyrrole nitrogens is 2. The highest BCUT2D eigenvalue weighted by Crippen LogP contribution is 2.43. The van der Waals surface area contributed by atoms with Gasteiger partial charge in [0.15, 0.2) is 5.78 Å². The molecule has 7 heteroatoms. The number of aromatic amines is 2. The summed E-state index contributed by atoms with van der Waals surface area (Å²) < 4.78 is 2.01. The highest BCUT2D eigenvalue weighted by molar-refractivity contribution is 9.10. The molecule has 2 heterocycles. The molecule has 0 bridgehead atoms. The van der Waals surface area contributed by atoms with Crippen molar-refractivity contribution in [1.82, 2.24) is 19.9 Å². The fraction of sp³-hybridized carbons (Fsp3) is 0. The minimum atomic E-state index is -0.00596. The van der Waals surface area contributed by atoms with Crippen LogP contribution in [0.1, 0.15) is 15.9 Å². The number of hydrogen-bond acceptors (Lipinski definition) is 3. The SMILES string of the molecule is O=C1c2cc(-c3nc(-c4ccc(Br)cc4)[nH]c3-c3ccccc3)ccc2-c2ccc(-c3nc(-c4ccc(Br)cc4)[nH]c3-c3ccccc3)cc21. The Hall–Kier alpha value is -5.63. The first-order valence-electron chi connectivity index (χ1n) is 16.2. The summed E-state index contributed by atoms with van der Waals surface area (Å²) in [5.74, 6) is 1.53. The summed E-state index contributed by atoms with van der Waals surface area (Å²) in [5, 5.41) is 0. The molecule has 1 aliphatic carbocycles. The summed E-state index contributed by atoms with van der Waals surface area (Å²) in [7, 11) is 0. The third-order valence-corrected chi connectivity index (χ3v) is 10.2. The number of ketones is 1. The fourth-order valence-electron chi connectivity index (χ4n) is 6.65. The van der Waals surface area contributed by atoms with E-state index >= 15 is 0 Å². The quantitative estimate of drug-likeness (QED) is 0.177. The van der Waals surface area contributed by atoms with Crippen molar-refractivity contribution >= 4 is 37.6 Å². The van der Waals surface area contributed by atoms with E-state index in [4.69, 9.17) is 9.97 Å². The molecular formula is C43H26Br2N4O. The van der Waals surface area contributed by atoms with Crippen molar-refractivity contribution in [2.75, 3.05) is 0 Å². The number of carbonyl (C=O) groups is 1. The lowest BCUT2D eigenvalue weighted by Gasteiger charge is -2.06. The van der Waals surface area contributed by atoms with Crippen LogP contribution in [0, 0.1) is 0 Å². The average Bonchev–Trinajstić information content (AvgIpc) is 3.88. The number of fused-ring (bicyclic) bond motifs is 3. The van der Waals surface area contributed by atoms with E-state index in [1.807, 2.05) is 109 Å². The summed E-state index contributed by atoms with van der Waals surface area (Å²) in [6, 6.07) is 48.7. The van der Waals surface area contributed by atoms with Gasteiger partial charge in [-0.2, -0.15) is 0 Å². The molecule has 1 aliphatic rings. The van der Waals surface area contributed by atoms with Crippen LogP contribution in [0.3, 0.4) is 0 Å². The molecule has 0 atom stereocenters. The van der Waals surface area contributed by atoms with E-state index in [9.17, 15) is 4.79 Å². The molecule has 9 rings (SSSR count). The van der Waals surface area contributed by atoms with Gasteiger partial charge in [-0.05, 0) is 47.5 Å². The molecule has 5 nitrogen and oxygen atoms in total. The van der Waals surface area contributed by atoms with Gasteiger partial charge in [-0.3, -0.25) is 4.79 Å². The first-order valence-corrected chi connectivity index (χ1v) is 17.8. The zero-order valence-electron chi connectivity index (χ0n) is 26.4. The van der Waals surface area contributed by atoms with Gasteiger partial charge >= 0.3 is 0 Å². The molecular weight excluding hydrogens is 748 g/mol. The van der Waals surface area contributed by atoms with Crippen LogP contribution in [0.5, 0.6) is 0 Å². The van der Waals surface area contributed by atoms with E-state index < -0.39 is 0 Å². The molecule has 0 fully saturated rings. The van der Waals surface area contributed by atoms with E-state index in [0.717, 1.165) is 87.9 Å². The zero-order valence-corrected chi connectivity index (χ0v) is 29.6. The van der Waals surface area contributed by atoms with Crippen molar-refractivity contribution in [2.24, 2.45) is 0 Å². The number of imidazole rings is 2. The maximum atomic E-state index is 14.2. The van der Waals surface area contributed by atoms with Gasteiger partial charge in [-0.15, -0.1) is 0 Å². The van der Waals surface area contributed by atoms with E-state index in [-0.39, 0.29) is 5.78 Å². The maximum absolute atomic E-state index is 14.2. The molecule has 0 saturated heterocycles. The number of nitrogens with zero attached hydrogens (tertiary/aromatic N) is 2. The Labute approximate surface area is 305 Å². The maximum Gasteiger partial charge on any atom is 0.194 e. The summed E-state index contributed by atoms with van der Waals surface area (Å²) in [6.45, 7) is 0. The first-order chi connectivity index (χ1) is 24.5. The molecule has 0 aliphatic heterocycles. The number of benzene rings is 6. The van der Waals surface area contributed by atoms with Crippen molar-refractivity contribution in [3.63, 3.8) is 0 Å². The van der Waals surface area contributed by atoms with Crippen LogP contribution < -0.4 is 0 Å². The van der Waals surface area contributed by atoms with Gasteiger partial charge in [0.2, 0.25) is 0 Å². The predicted molar refractivity (Wildman–Crippen MR) is 208 cm³/mol. The number of rotatable bonds is 6. The second-order valence-corrected chi connectivity index (χ2v) is 14.0. The van der Waals surface area contributed by atoms with Gasteiger partial charge in [0, 0.05) is 53.5 Å². The van der Waals surface area contributed by atoms with Crippen molar-refractivity contribution in [2.45, 2.75) is 0 Å². The summed E-state index contributed by atoms with van der Waals surface area (Å²) in [6.07, 6.45) is 0. The van der Waals surface area contributed by atoms with Crippen LogP contribution in [0.2, 0.25) is 0 Å². The lowest BCUT2D eigenvalue weighted by atomic mass is 9.98. The molecule has 0 saturated carbocycles. The molecule has 0 amide bonds. The topological polar surface area (TPSA) is 74.4 Å². The molecule has 50 heavy (non-hydrogen) atoms. The Morgan fingerprint density at radius 2 is 0.780 bits per heavy atom. The minimum absolute atomic E-state index is 0.00596. The number of carbonyl (C=O) groups excluding carboxylic acids is 1. The number of aromatic nitrogens is 4. The molecule has 2 aromatic heterocycles. The normalized spacial score (nSPS) is 11.8. The number of hydrogen-bond donors (Lipinski definition) is 2. The highest BCUT2D eigenvalue weighted by atomic mass is 79.9. The number of halogens is 2. The van der Waals surface area contributed by atoms with Crippen LogP contribution in [-0.2, 0) is 0 Å². The monoisotopic (exact) mass is 772 g/mol. The largest absolute Gasteiger partial charge is 0.337 e. The molecule has 6 aromatic carbocycles. The summed E-state index contributed by atoms with van der Waals surface area (Å²) in [4.78, 5) is 31.5. The predicted octanol–water partition coefficient (Wildman–Crippen LogP) is 11.9. The van der Waals surface area contributed by atoms with E-state index in [0.29, 0.717) is 11.1 Å². The lowest BCUT2D eigenvalue weighted by Crippen LogP contribution is -1.96. The van der Waals surface area contributed by atoms with Gasteiger partial charge in [0.25, 0.3) is 0 Å². The fourth-order valence-corrected chi connectivity index (χ4v) is 7.18. The van der Waals surface area contributed by atoms with Gasteiger partial charge in [0.05, 0.1) is 22.8 Å².